The van der Waals surface area contributed by atoms with E-state index in [1.54, 1.807) is 17.0 Å². The summed E-state index contributed by atoms with van der Waals surface area (Å²) in [5.41, 5.74) is 1.92. The number of amides is 1. The zero-order valence-corrected chi connectivity index (χ0v) is 15.0. The molecule has 4 rings (SSSR count). The Kier molecular flexibility index (Phi) is 4.42. The molecule has 6 nitrogen and oxygen atoms in total. The van der Waals surface area contributed by atoms with Crippen LogP contribution in [-0.2, 0) is 6.54 Å². The van der Waals surface area contributed by atoms with Crippen LogP contribution in [0.2, 0.25) is 5.02 Å². The first-order valence-corrected chi connectivity index (χ1v) is 8.81. The van der Waals surface area contributed by atoms with Gasteiger partial charge in [0.1, 0.15) is 5.69 Å². The second-order valence-corrected chi connectivity index (χ2v) is 6.72. The zero-order chi connectivity index (χ0) is 18.1. The van der Waals surface area contributed by atoms with Crippen molar-refractivity contribution in [3.63, 3.8) is 0 Å². The number of benzene rings is 1. The maximum atomic E-state index is 12.9. The summed E-state index contributed by atoms with van der Waals surface area (Å²) < 4.78 is 5.75. The van der Waals surface area contributed by atoms with E-state index in [9.17, 15) is 4.79 Å². The van der Waals surface area contributed by atoms with Crippen molar-refractivity contribution < 1.29 is 9.21 Å². The van der Waals surface area contributed by atoms with Gasteiger partial charge in [-0.25, -0.2) is 4.98 Å². The van der Waals surface area contributed by atoms with Crippen molar-refractivity contribution in [2.75, 3.05) is 0 Å². The average molecular weight is 369 g/mol. The third-order valence-corrected chi connectivity index (χ3v) is 4.56. The first-order valence-electron chi connectivity index (χ1n) is 8.44. The molecular formula is C19H17ClN4O2. The van der Waals surface area contributed by atoms with Gasteiger partial charge in [-0.1, -0.05) is 29.8 Å². The van der Waals surface area contributed by atoms with Crippen molar-refractivity contribution in [2.24, 2.45) is 0 Å². The Labute approximate surface area is 155 Å². The van der Waals surface area contributed by atoms with Crippen LogP contribution in [0.3, 0.4) is 0 Å². The number of rotatable bonds is 5. The fourth-order valence-electron chi connectivity index (χ4n) is 2.77. The Balaban J connectivity index is 1.57. The topological polar surface area (TPSA) is 72.1 Å². The largest absolute Gasteiger partial charge is 0.419 e. The summed E-state index contributed by atoms with van der Waals surface area (Å²) in [6.07, 6.45) is 1.95. The van der Waals surface area contributed by atoms with Crippen molar-refractivity contribution >= 4 is 17.5 Å². The van der Waals surface area contributed by atoms with E-state index in [1.807, 2.05) is 37.3 Å². The van der Waals surface area contributed by atoms with Crippen LogP contribution in [0.4, 0.5) is 0 Å². The summed E-state index contributed by atoms with van der Waals surface area (Å²) in [6, 6.07) is 12.9. The molecule has 1 aliphatic carbocycles. The lowest BCUT2D eigenvalue weighted by molar-refractivity contribution is 0.0708. The molecule has 1 saturated carbocycles. The van der Waals surface area contributed by atoms with E-state index < -0.39 is 0 Å². The van der Waals surface area contributed by atoms with E-state index in [1.165, 1.54) is 0 Å². The highest BCUT2D eigenvalue weighted by Gasteiger charge is 2.34. The third kappa shape index (κ3) is 3.46. The first kappa shape index (κ1) is 16.7. The Morgan fingerprint density at radius 2 is 2.00 bits per heavy atom. The van der Waals surface area contributed by atoms with Crippen molar-refractivity contribution in [2.45, 2.75) is 32.4 Å². The number of aromatic nitrogens is 3. The number of hydrogen-bond donors (Lipinski definition) is 0. The molecule has 0 unspecified atom stereocenters. The van der Waals surface area contributed by atoms with Crippen LogP contribution in [0, 0.1) is 6.92 Å². The normalized spacial score (nSPS) is 13.6. The number of aryl methyl sites for hydroxylation is 1. The molecule has 2 aromatic heterocycles. The summed E-state index contributed by atoms with van der Waals surface area (Å²) in [7, 11) is 0. The standard InChI is InChI=1S/C19H17ClN4O2/c1-12-5-4-8-16(21-12)19(25)24(13-9-10-13)11-17-22-23-18(26-17)14-6-2-3-7-15(14)20/h2-8,13H,9-11H2,1H3. The van der Waals surface area contributed by atoms with Gasteiger partial charge in [0.15, 0.2) is 0 Å². The van der Waals surface area contributed by atoms with Gasteiger partial charge in [0, 0.05) is 11.7 Å². The van der Waals surface area contributed by atoms with Crippen molar-refractivity contribution in [1.29, 1.82) is 0 Å². The van der Waals surface area contributed by atoms with Gasteiger partial charge in [-0.2, -0.15) is 0 Å². The van der Waals surface area contributed by atoms with E-state index in [0.717, 1.165) is 18.5 Å². The molecule has 0 atom stereocenters. The van der Waals surface area contributed by atoms with E-state index in [0.29, 0.717) is 28.1 Å². The summed E-state index contributed by atoms with van der Waals surface area (Å²) in [6.45, 7) is 2.13. The summed E-state index contributed by atoms with van der Waals surface area (Å²) in [5.74, 6) is 0.615. The number of nitrogens with zero attached hydrogens (tertiary/aromatic N) is 4. The second-order valence-electron chi connectivity index (χ2n) is 6.31. The molecule has 26 heavy (non-hydrogen) atoms. The quantitative estimate of drug-likeness (QED) is 0.683. The van der Waals surface area contributed by atoms with E-state index >= 15 is 0 Å². The molecule has 3 aromatic rings. The molecule has 0 N–H and O–H groups in total. The molecule has 2 heterocycles. The van der Waals surface area contributed by atoms with Crippen LogP contribution in [0.5, 0.6) is 0 Å². The highest BCUT2D eigenvalue weighted by molar-refractivity contribution is 6.33. The van der Waals surface area contributed by atoms with Crippen LogP contribution >= 0.6 is 11.6 Å². The fourth-order valence-corrected chi connectivity index (χ4v) is 2.99. The molecule has 132 valence electrons. The van der Waals surface area contributed by atoms with Gasteiger partial charge in [0.25, 0.3) is 5.91 Å². The molecule has 0 saturated heterocycles. The van der Waals surface area contributed by atoms with Crippen molar-refractivity contribution in [1.82, 2.24) is 20.1 Å². The van der Waals surface area contributed by atoms with Gasteiger partial charge in [0.05, 0.1) is 17.1 Å². The van der Waals surface area contributed by atoms with Crippen LogP contribution in [0.15, 0.2) is 46.9 Å². The van der Waals surface area contributed by atoms with Gasteiger partial charge in [0.2, 0.25) is 11.8 Å². The van der Waals surface area contributed by atoms with E-state index in [4.69, 9.17) is 16.0 Å². The molecule has 0 aliphatic heterocycles. The van der Waals surface area contributed by atoms with Gasteiger partial charge >= 0.3 is 0 Å². The molecule has 1 aliphatic rings. The maximum absolute atomic E-state index is 12.9. The van der Waals surface area contributed by atoms with Crippen LogP contribution < -0.4 is 0 Å². The lowest BCUT2D eigenvalue weighted by Crippen LogP contribution is -2.33. The van der Waals surface area contributed by atoms with Gasteiger partial charge in [-0.3, -0.25) is 4.79 Å². The lowest BCUT2D eigenvalue weighted by Gasteiger charge is -2.20. The number of carbonyl (C=O) groups excluding carboxylic acids is 1. The van der Waals surface area contributed by atoms with Crippen molar-refractivity contribution in [3.05, 3.63) is 64.8 Å². The number of pyridine rings is 1. The Morgan fingerprint density at radius 3 is 2.73 bits per heavy atom. The van der Waals surface area contributed by atoms with Crippen LogP contribution in [-0.4, -0.2) is 32.0 Å². The molecule has 1 aromatic carbocycles. The van der Waals surface area contributed by atoms with Gasteiger partial charge < -0.3 is 9.32 Å². The highest BCUT2D eigenvalue weighted by atomic mass is 35.5. The summed E-state index contributed by atoms with van der Waals surface area (Å²) in [5, 5.41) is 8.70. The Bertz CT molecular complexity index is 952. The lowest BCUT2D eigenvalue weighted by atomic mass is 10.2. The van der Waals surface area contributed by atoms with Crippen LogP contribution in [0.1, 0.15) is 34.9 Å². The SMILES string of the molecule is Cc1cccc(C(=O)N(Cc2nnc(-c3ccccc3Cl)o2)C2CC2)n1. The molecule has 1 amide bonds. The minimum atomic E-state index is -0.117. The molecule has 1 fully saturated rings. The Hall–Kier alpha value is -2.73. The fraction of sp³-hybridized carbons (Fsp3) is 0.263. The molecule has 7 heteroatoms. The van der Waals surface area contributed by atoms with Crippen LogP contribution in [0.25, 0.3) is 11.5 Å². The minimum absolute atomic E-state index is 0.117. The Morgan fingerprint density at radius 1 is 1.19 bits per heavy atom. The molecular weight excluding hydrogens is 352 g/mol. The average Bonchev–Trinajstić information content (AvgIpc) is 3.38. The first-order chi connectivity index (χ1) is 12.6. The van der Waals surface area contributed by atoms with Crippen molar-refractivity contribution in [3.8, 4) is 11.5 Å². The monoisotopic (exact) mass is 368 g/mol. The van der Waals surface area contributed by atoms with Gasteiger partial charge in [-0.15, -0.1) is 10.2 Å². The highest BCUT2D eigenvalue weighted by Crippen LogP contribution is 2.31. The molecule has 0 spiro atoms. The van der Waals surface area contributed by atoms with E-state index in [2.05, 4.69) is 15.2 Å². The molecule has 0 radical (unpaired) electrons. The predicted molar refractivity (Wildman–Crippen MR) is 96.6 cm³/mol. The zero-order valence-electron chi connectivity index (χ0n) is 14.2. The number of carbonyl (C=O) groups is 1. The van der Waals surface area contributed by atoms with E-state index in [-0.39, 0.29) is 18.5 Å². The number of halogens is 1. The second kappa shape index (κ2) is 6.88. The molecule has 0 bridgehead atoms. The number of hydrogen-bond acceptors (Lipinski definition) is 5. The predicted octanol–water partition coefficient (Wildman–Crippen LogP) is 3.90. The maximum Gasteiger partial charge on any atom is 0.273 e. The summed E-state index contributed by atoms with van der Waals surface area (Å²) in [4.78, 5) is 19.0. The summed E-state index contributed by atoms with van der Waals surface area (Å²) >= 11 is 6.18. The third-order valence-electron chi connectivity index (χ3n) is 4.23. The minimum Gasteiger partial charge on any atom is -0.419 e. The smallest absolute Gasteiger partial charge is 0.273 e. The van der Waals surface area contributed by atoms with Gasteiger partial charge in [-0.05, 0) is 44.0 Å².